The Morgan fingerprint density at radius 3 is 2.32 bits per heavy atom. The van der Waals surface area contributed by atoms with Crippen molar-refractivity contribution < 1.29 is 4.79 Å². The van der Waals surface area contributed by atoms with E-state index in [0.29, 0.717) is 13.0 Å². The normalized spacial score (nSPS) is 10.5. The van der Waals surface area contributed by atoms with E-state index in [1.807, 2.05) is 24.3 Å². The van der Waals surface area contributed by atoms with E-state index in [0.717, 1.165) is 17.9 Å². The van der Waals surface area contributed by atoms with Gasteiger partial charge in [-0.05, 0) is 61.1 Å². The average molecular weight is 316 g/mol. The van der Waals surface area contributed by atoms with Crippen LogP contribution in [-0.4, -0.2) is 12.5 Å². The van der Waals surface area contributed by atoms with Crippen LogP contribution in [0.15, 0.2) is 42.5 Å². The molecule has 2 rings (SSSR count). The van der Waals surface area contributed by atoms with Gasteiger partial charge in [-0.25, -0.2) is 0 Å². The third-order valence-electron chi connectivity index (χ3n) is 3.86. The third-order valence-corrected chi connectivity index (χ3v) is 4.11. The monoisotopic (exact) mass is 315 g/mol. The summed E-state index contributed by atoms with van der Waals surface area (Å²) in [6.07, 6.45) is 2.14. The molecule has 0 aliphatic rings. The second kappa shape index (κ2) is 8.00. The van der Waals surface area contributed by atoms with Crippen molar-refractivity contribution in [2.75, 3.05) is 6.54 Å². The molecule has 0 bridgehead atoms. The maximum Gasteiger partial charge on any atom is 0.220 e. The second-order valence-electron chi connectivity index (χ2n) is 5.65. The first kappa shape index (κ1) is 16.6. The highest BCUT2D eigenvalue weighted by molar-refractivity contribution is 6.30. The van der Waals surface area contributed by atoms with E-state index in [9.17, 15) is 4.79 Å². The lowest BCUT2D eigenvalue weighted by Crippen LogP contribution is -2.25. The Morgan fingerprint density at radius 1 is 0.955 bits per heavy atom. The highest BCUT2D eigenvalue weighted by Gasteiger charge is 2.03. The van der Waals surface area contributed by atoms with Gasteiger partial charge >= 0.3 is 0 Å². The lowest BCUT2D eigenvalue weighted by atomic mass is 10.0. The summed E-state index contributed by atoms with van der Waals surface area (Å²) in [4.78, 5) is 11.9. The molecule has 0 atom stereocenters. The molecule has 3 heteroatoms. The Labute approximate surface area is 137 Å². The first-order valence-electron chi connectivity index (χ1n) is 7.62. The van der Waals surface area contributed by atoms with E-state index in [2.05, 4.69) is 37.4 Å². The Balaban J connectivity index is 1.71. The van der Waals surface area contributed by atoms with E-state index >= 15 is 0 Å². The number of carbonyl (C=O) groups is 1. The fraction of sp³-hybridized carbons (Fsp3) is 0.316. The third kappa shape index (κ3) is 5.19. The van der Waals surface area contributed by atoms with Gasteiger partial charge in [0, 0.05) is 18.0 Å². The van der Waals surface area contributed by atoms with Gasteiger partial charge in [-0.15, -0.1) is 0 Å². The number of halogens is 1. The molecule has 0 aromatic heterocycles. The number of nitrogens with one attached hydrogen (secondary N) is 1. The Hall–Kier alpha value is -1.80. The molecule has 0 heterocycles. The van der Waals surface area contributed by atoms with Crippen LogP contribution in [0.4, 0.5) is 0 Å². The number of rotatable bonds is 6. The van der Waals surface area contributed by atoms with E-state index in [-0.39, 0.29) is 5.91 Å². The minimum atomic E-state index is 0.104. The predicted octanol–water partition coefficient (Wildman–Crippen LogP) is 4.25. The zero-order valence-corrected chi connectivity index (χ0v) is 13.9. The summed E-state index contributed by atoms with van der Waals surface area (Å²) in [5.41, 5.74) is 4.96. The summed E-state index contributed by atoms with van der Waals surface area (Å²) in [6, 6.07) is 14.1. The zero-order valence-electron chi connectivity index (χ0n) is 13.2. The smallest absolute Gasteiger partial charge is 0.220 e. The standard InChI is InChI=1S/C19H22ClNO/c1-14-3-4-17(13-15(14)2)7-10-19(22)21-12-11-16-5-8-18(20)9-6-16/h3-6,8-9,13H,7,10-12H2,1-2H3,(H,21,22). The summed E-state index contributed by atoms with van der Waals surface area (Å²) < 4.78 is 0. The van der Waals surface area contributed by atoms with Gasteiger partial charge < -0.3 is 5.32 Å². The van der Waals surface area contributed by atoms with Crippen LogP contribution in [0.5, 0.6) is 0 Å². The van der Waals surface area contributed by atoms with Gasteiger partial charge in [-0.2, -0.15) is 0 Å². The lowest BCUT2D eigenvalue weighted by Gasteiger charge is -2.07. The molecular formula is C19H22ClNO. The largest absolute Gasteiger partial charge is 0.356 e. The molecule has 0 aliphatic carbocycles. The number of hydrogen-bond acceptors (Lipinski definition) is 1. The number of aryl methyl sites for hydroxylation is 3. The Kier molecular flexibility index (Phi) is 6.02. The summed E-state index contributed by atoms with van der Waals surface area (Å²) >= 11 is 5.85. The fourth-order valence-electron chi connectivity index (χ4n) is 2.30. The van der Waals surface area contributed by atoms with Crippen molar-refractivity contribution in [2.24, 2.45) is 0 Å². The van der Waals surface area contributed by atoms with Crippen LogP contribution in [-0.2, 0) is 17.6 Å². The van der Waals surface area contributed by atoms with Crippen molar-refractivity contribution in [1.29, 1.82) is 0 Å². The maximum absolute atomic E-state index is 11.9. The van der Waals surface area contributed by atoms with Crippen LogP contribution in [0, 0.1) is 13.8 Å². The summed E-state index contributed by atoms with van der Waals surface area (Å²) in [7, 11) is 0. The Bertz CT molecular complexity index is 634. The molecule has 0 fully saturated rings. The Morgan fingerprint density at radius 2 is 1.64 bits per heavy atom. The van der Waals surface area contributed by atoms with E-state index in [1.165, 1.54) is 22.3 Å². The molecule has 0 spiro atoms. The molecule has 1 amide bonds. The van der Waals surface area contributed by atoms with Crippen LogP contribution >= 0.6 is 11.6 Å². The summed E-state index contributed by atoms with van der Waals surface area (Å²) in [5, 5.41) is 3.71. The minimum Gasteiger partial charge on any atom is -0.356 e. The van der Waals surface area contributed by atoms with Crippen LogP contribution in [0.25, 0.3) is 0 Å². The first-order valence-corrected chi connectivity index (χ1v) is 7.99. The van der Waals surface area contributed by atoms with E-state index in [1.54, 1.807) is 0 Å². The number of carbonyl (C=O) groups excluding carboxylic acids is 1. The van der Waals surface area contributed by atoms with Gasteiger partial charge in [-0.1, -0.05) is 41.9 Å². The topological polar surface area (TPSA) is 29.1 Å². The molecule has 22 heavy (non-hydrogen) atoms. The maximum atomic E-state index is 11.9. The molecule has 116 valence electrons. The molecule has 2 aromatic rings. The average Bonchev–Trinajstić information content (AvgIpc) is 2.50. The van der Waals surface area contributed by atoms with E-state index < -0.39 is 0 Å². The van der Waals surface area contributed by atoms with Gasteiger partial charge in [0.1, 0.15) is 0 Å². The van der Waals surface area contributed by atoms with Crippen molar-refractivity contribution in [3.63, 3.8) is 0 Å². The molecule has 0 unspecified atom stereocenters. The first-order chi connectivity index (χ1) is 10.5. The number of benzene rings is 2. The molecular weight excluding hydrogens is 294 g/mol. The molecule has 0 saturated heterocycles. The van der Waals surface area contributed by atoms with Crippen molar-refractivity contribution in [3.8, 4) is 0 Å². The summed E-state index contributed by atoms with van der Waals surface area (Å²) in [5.74, 6) is 0.104. The minimum absolute atomic E-state index is 0.104. The van der Waals surface area contributed by atoms with Gasteiger partial charge in [0.15, 0.2) is 0 Å². The van der Waals surface area contributed by atoms with Gasteiger partial charge in [0.2, 0.25) is 5.91 Å². The van der Waals surface area contributed by atoms with Crippen molar-refractivity contribution in [2.45, 2.75) is 33.1 Å². The molecule has 2 aromatic carbocycles. The van der Waals surface area contributed by atoms with Crippen LogP contribution in [0.2, 0.25) is 5.02 Å². The van der Waals surface area contributed by atoms with Crippen LogP contribution < -0.4 is 5.32 Å². The van der Waals surface area contributed by atoms with Crippen molar-refractivity contribution in [3.05, 3.63) is 69.7 Å². The lowest BCUT2D eigenvalue weighted by molar-refractivity contribution is -0.121. The quantitative estimate of drug-likeness (QED) is 0.848. The molecule has 2 nitrogen and oxygen atoms in total. The second-order valence-corrected chi connectivity index (χ2v) is 6.08. The summed E-state index contributed by atoms with van der Waals surface area (Å²) in [6.45, 7) is 4.86. The number of hydrogen-bond donors (Lipinski definition) is 1. The number of amides is 1. The molecule has 0 saturated carbocycles. The zero-order chi connectivity index (χ0) is 15.9. The van der Waals surface area contributed by atoms with Crippen LogP contribution in [0.3, 0.4) is 0 Å². The fourth-order valence-corrected chi connectivity index (χ4v) is 2.43. The predicted molar refractivity (Wildman–Crippen MR) is 92.4 cm³/mol. The van der Waals surface area contributed by atoms with E-state index in [4.69, 9.17) is 11.6 Å². The van der Waals surface area contributed by atoms with Gasteiger partial charge in [0.25, 0.3) is 0 Å². The SMILES string of the molecule is Cc1ccc(CCC(=O)NCCc2ccc(Cl)cc2)cc1C. The molecule has 0 radical (unpaired) electrons. The highest BCUT2D eigenvalue weighted by atomic mass is 35.5. The van der Waals surface area contributed by atoms with Crippen LogP contribution in [0.1, 0.15) is 28.7 Å². The van der Waals surface area contributed by atoms with Gasteiger partial charge in [0.05, 0.1) is 0 Å². The highest BCUT2D eigenvalue weighted by Crippen LogP contribution is 2.12. The van der Waals surface area contributed by atoms with Gasteiger partial charge in [-0.3, -0.25) is 4.79 Å². The van der Waals surface area contributed by atoms with Crippen molar-refractivity contribution >= 4 is 17.5 Å². The molecule has 0 aliphatic heterocycles. The van der Waals surface area contributed by atoms with Crippen molar-refractivity contribution in [1.82, 2.24) is 5.32 Å². The molecule has 1 N–H and O–H groups in total.